The number of halogens is 2. The summed E-state index contributed by atoms with van der Waals surface area (Å²) in [5.74, 6) is -1.16. The van der Waals surface area contributed by atoms with Gasteiger partial charge in [-0.2, -0.15) is 4.31 Å². The zero-order valence-electron chi connectivity index (χ0n) is 13.7. The van der Waals surface area contributed by atoms with Gasteiger partial charge in [0.2, 0.25) is 10.0 Å². The molecule has 4 rings (SSSR count). The van der Waals surface area contributed by atoms with Gasteiger partial charge in [0.05, 0.1) is 50.0 Å². The Morgan fingerprint density at radius 2 is 1.41 bits per heavy atom. The molecular formula is C14H16Cl2N2O6S3. The van der Waals surface area contributed by atoms with E-state index < -0.39 is 53.9 Å². The van der Waals surface area contributed by atoms with Gasteiger partial charge in [0, 0.05) is 12.1 Å². The molecule has 1 N–H and O–H groups in total. The molecule has 8 nitrogen and oxygen atoms in total. The van der Waals surface area contributed by atoms with Gasteiger partial charge >= 0.3 is 0 Å². The molecule has 0 spiro atoms. The number of fused-ring (bicyclic) bond motifs is 2. The van der Waals surface area contributed by atoms with E-state index in [-0.39, 0.29) is 38.0 Å². The van der Waals surface area contributed by atoms with Crippen LogP contribution < -0.4 is 5.32 Å². The Balaban J connectivity index is 1.84. The maximum absolute atomic E-state index is 13.4. The van der Waals surface area contributed by atoms with Crippen LogP contribution in [0.5, 0.6) is 0 Å². The van der Waals surface area contributed by atoms with Crippen molar-refractivity contribution >= 4 is 52.9 Å². The Morgan fingerprint density at radius 3 is 1.89 bits per heavy atom. The van der Waals surface area contributed by atoms with E-state index in [9.17, 15) is 25.3 Å². The SMILES string of the molecule is O=S1(=O)C[C@@H]2[C@@H](C1)N[C@H]1CS(=O)(=O)C[C@@H]1N2S(=O)(=O)c1ccc(Cl)c(Cl)c1. The van der Waals surface area contributed by atoms with Gasteiger partial charge in [0.1, 0.15) is 0 Å². The number of rotatable bonds is 2. The molecule has 0 bridgehead atoms. The third-order valence-electron chi connectivity index (χ3n) is 5.19. The fourth-order valence-electron chi connectivity index (χ4n) is 4.11. The average molecular weight is 475 g/mol. The van der Waals surface area contributed by atoms with Crippen LogP contribution in [0.4, 0.5) is 0 Å². The largest absolute Gasteiger partial charge is 0.306 e. The van der Waals surface area contributed by atoms with Crippen molar-refractivity contribution in [2.75, 3.05) is 23.0 Å². The molecule has 27 heavy (non-hydrogen) atoms. The maximum Gasteiger partial charge on any atom is 0.243 e. The zero-order chi connectivity index (χ0) is 19.8. The minimum absolute atomic E-state index is 0.0408. The highest BCUT2D eigenvalue weighted by atomic mass is 35.5. The number of benzene rings is 1. The number of nitrogens with one attached hydrogen (secondary N) is 1. The van der Waals surface area contributed by atoms with Crippen molar-refractivity contribution in [3.05, 3.63) is 28.2 Å². The monoisotopic (exact) mass is 474 g/mol. The molecule has 0 aliphatic carbocycles. The first-order valence-electron chi connectivity index (χ1n) is 8.05. The predicted octanol–water partition coefficient (Wildman–Crippen LogP) is -0.0815. The summed E-state index contributed by atoms with van der Waals surface area (Å²) in [5, 5.41) is 3.27. The Kier molecular flexibility index (Phi) is 4.62. The van der Waals surface area contributed by atoms with E-state index in [1.54, 1.807) is 0 Å². The lowest BCUT2D eigenvalue weighted by molar-refractivity contribution is 0.160. The predicted molar refractivity (Wildman–Crippen MR) is 101 cm³/mol. The van der Waals surface area contributed by atoms with Crippen LogP contribution in [0.2, 0.25) is 10.0 Å². The summed E-state index contributed by atoms with van der Waals surface area (Å²) >= 11 is 11.8. The van der Waals surface area contributed by atoms with E-state index >= 15 is 0 Å². The lowest BCUT2D eigenvalue weighted by Crippen LogP contribution is -2.67. The molecule has 1 aromatic carbocycles. The number of sulfonamides is 1. The number of nitrogens with zero attached hydrogens (tertiary/aromatic N) is 1. The molecule has 0 aromatic heterocycles. The van der Waals surface area contributed by atoms with Crippen molar-refractivity contribution in [3.63, 3.8) is 0 Å². The van der Waals surface area contributed by atoms with E-state index in [0.29, 0.717) is 0 Å². The fourth-order valence-corrected chi connectivity index (χ4v) is 10.4. The van der Waals surface area contributed by atoms with Gasteiger partial charge in [0.15, 0.2) is 19.7 Å². The summed E-state index contributed by atoms with van der Waals surface area (Å²) < 4.78 is 76.3. The average Bonchev–Trinajstić information content (AvgIpc) is 2.98. The quantitative estimate of drug-likeness (QED) is 0.636. The van der Waals surface area contributed by atoms with Gasteiger partial charge < -0.3 is 5.32 Å². The molecule has 3 heterocycles. The van der Waals surface area contributed by atoms with Crippen molar-refractivity contribution in [3.8, 4) is 0 Å². The minimum atomic E-state index is -4.19. The summed E-state index contributed by atoms with van der Waals surface area (Å²) in [6, 6.07) is 0.767. The van der Waals surface area contributed by atoms with Crippen molar-refractivity contribution in [2.24, 2.45) is 0 Å². The van der Waals surface area contributed by atoms with Crippen LogP contribution in [0, 0.1) is 0 Å². The molecule has 0 saturated carbocycles. The molecule has 13 heteroatoms. The molecule has 4 atom stereocenters. The minimum Gasteiger partial charge on any atom is -0.306 e. The highest BCUT2D eigenvalue weighted by Gasteiger charge is 2.57. The molecule has 1 aromatic rings. The Hall–Kier alpha value is -0.430. The molecule has 3 fully saturated rings. The summed E-state index contributed by atoms with van der Waals surface area (Å²) in [6.07, 6.45) is 0. The zero-order valence-corrected chi connectivity index (χ0v) is 17.7. The second kappa shape index (κ2) is 6.28. The van der Waals surface area contributed by atoms with Crippen LogP contribution in [-0.2, 0) is 29.7 Å². The van der Waals surface area contributed by atoms with Crippen LogP contribution in [0.1, 0.15) is 0 Å². The molecule has 0 radical (unpaired) electrons. The highest BCUT2D eigenvalue weighted by Crippen LogP contribution is 2.37. The van der Waals surface area contributed by atoms with Crippen molar-refractivity contribution < 1.29 is 25.3 Å². The molecule has 3 aliphatic rings. The lowest BCUT2D eigenvalue weighted by Gasteiger charge is -2.43. The number of hydrogen-bond acceptors (Lipinski definition) is 7. The molecule has 0 amide bonds. The summed E-state index contributed by atoms with van der Waals surface area (Å²) in [5.41, 5.74) is 0. The van der Waals surface area contributed by atoms with Crippen LogP contribution in [0.3, 0.4) is 0 Å². The third-order valence-corrected chi connectivity index (χ3v) is 11.3. The maximum atomic E-state index is 13.4. The van der Waals surface area contributed by atoms with Crippen LogP contribution in [0.15, 0.2) is 23.1 Å². The first kappa shape index (κ1) is 19.9. The van der Waals surface area contributed by atoms with E-state index in [4.69, 9.17) is 23.2 Å². The van der Waals surface area contributed by atoms with E-state index in [0.717, 1.165) is 4.31 Å². The number of sulfone groups is 2. The van der Waals surface area contributed by atoms with Crippen molar-refractivity contribution in [1.82, 2.24) is 9.62 Å². The first-order chi connectivity index (χ1) is 12.4. The standard InChI is InChI=1S/C14H16Cl2N2O6S3/c15-9-2-1-8(3-10(9)16)27(23,24)18-13-6-25(19,20)4-11(13)17-12-5-26(21,22)7-14(12)18/h1-3,11-14,17H,4-7H2/t11-,12+,13-,14+. The Labute approximate surface area is 167 Å². The molecular weight excluding hydrogens is 459 g/mol. The highest BCUT2D eigenvalue weighted by molar-refractivity contribution is 7.92. The van der Waals surface area contributed by atoms with Crippen LogP contribution in [-0.4, -0.2) is 76.7 Å². The van der Waals surface area contributed by atoms with Crippen LogP contribution >= 0.6 is 23.2 Å². The Morgan fingerprint density at radius 1 is 0.889 bits per heavy atom. The molecule has 3 aliphatic heterocycles. The van der Waals surface area contributed by atoms with Gasteiger partial charge in [-0.15, -0.1) is 0 Å². The second-order valence-electron chi connectivity index (χ2n) is 7.08. The topological polar surface area (TPSA) is 118 Å². The summed E-state index contributed by atoms with van der Waals surface area (Å²) in [6.45, 7) is 0. The van der Waals surface area contributed by atoms with Gasteiger partial charge in [-0.1, -0.05) is 23.2 Å². The third kappa shape index (κ3) is 3.41. The van der Waals surface area contributed by atoms with Gasteiger partial charge in [-0.3, -0.25) is 0 Å². The fraction of sp³-hybridized carbons (Fsp3) is 0.571. The van der Waals surface area contributed by atoms with Crippen molar-refractivity contribution in [1.29, 1.82) is 0 Å². The van der Waals surface area contributed by atoms with Gasteiger partial charge in [-0.05, 0) is 18.2 Å². The van der Waals surface area contributed by atoms with Gasteiger partial charge in [0.25, 0.3) is 0 Å². The first-order valence-corrected chi connectivity index (χ1v) is 13.9. The van der Waals surface area contributed by atoms with E-state index in [2.05, 4.69) is 5.32 Å². The summed E-state index contributed by atoms with van der Waals surface area (Å²) in [7, 11) is -11.1. The molecule has 0 unspecified atom stereocenters. The molecule has 150 valence electrons. The van der Waals surface area contributed by atoms with Crippen LogP contribution in [0.25, 0.3) is 0 Å². The summed E-state index contributed by atoms with van der Waals surface area (Å²) in [4.78, 5) is -0.148. The molecule has 3 saturated heterocycles. The normalized spacial score (nSPS) is 34.9. The Bertz CT molecular complexity index is 1070. The van der Waals surface area contributed by atoms with Gasteiger partial charge in [-0.25, -0.2) is 25.3 Å². The van der Waals surface area contributed by atoms with E-state index in [1.807, 2.05) is 0 Å². The number of hydrogen-bond donors (Lipinski definition) is 1. The van der Waals surface area contributed by atoms with Crippen molar-refractivity contribution in [2.45, 2.75) is 29.1 Å². The van der Waals surface area contributed by atoms with E-state index in [1.165, 1.54) is 18.2 Å². The lowest BCUT2D eigenvalue weighted by atomic mass is 10.0. The second-order valence-corrected chi connectivity index (χ2v) is 14.0. The number of piperazine rings is 1. The smallest absolute Gasteiger partial charge is 0.243 e.